The van der Waals surface area contributed by atoms with E-state index in [4.69, 9.17) is 23.2 Å². The van der Waals surface area contributed by atoms with Crippen LogP contribution < -0.4 is 10.0 Å². The Labute approximate surface area is 173 Å². The van der Waals surface area contributed by atoms with Crippen LogP contribution in [0, 0.1) is 6.92 Å². The first-order chi connectivity index (χ1) is 13.3. The number of carbonyl (C=O) groups excluding carboxylic acids is 1. The number of hydrogen-bond acceptors (Lipinski definition) is 3. The summed E-state index contributed by atoms with van der Waals surface area (Å²) in [5, 5.41) is 3.65. The second-order valence-electron chi connectivity index (χ2n) is 6.02. The molecule has 2 N–H and O–H groups in total. The third-order valence-electron chi connectivity index (χ3n) is 3.98. The molecule has 0 aromatic heterocycles. The van der Waals surface area contributed by atoms with E-state index in [0.717, 1.165) is 5.56 Å². The Bertz CT molecular complexity index is 1130. The van der Waals surface area contributed by atoms with Crippen molar-refractivity contribution in [3.8, 4) is 0 Å². The van der Waals surface area contributed by atoms with Crippen LogP contribution in [0.5, 0.6) is 0 Å². The average molecular weight is 435 g/mol. The molecule has 0 saturated heterocycles. The highest BCUT2D eigenvalue weighted by Crippen LogP contribution is 2.24. The lowest BCUT2D eigenvalue weighted by Gasteiger charge is -2.11. The van der Waals surface area contributed by atoms with Crippen molar-refractivity contribution in [1.82, 2.24) is 0 Å². The predicted molar refractivity (Wildman–Crippen MR) is 113 cm³/mol. The molecule has 0 radical (unpaired) electrons. The normalized spacial score (nSPS) is 11.1. The molecule has 28 heavy (non-hydrogen) atoms. The van der Waals surface area contributed by atoms with Gasteiger partial charge in [-0.15, -0.1) is 0 Å². The van der Waals surface area contributed by atoms with E-state index < -0.39 is 10.0 Å². The van der Waals surface area contributed by atoms with E-state index in [1.54, 1.807) is 42.5 Å². The van der Waals surface area contributed by atoms with E-state index in [0.29, 0.717) is 21.3 Å². The number of aryl methyl sites for hydroxylation is 1. The third kappa shape index (κ3) is 4.65. The molecule has 0 spiro atoms. The molecular formula is C20H16Cl2N2O3S. The van der Waals surface area contributed by atoms with Crippen LogP contribution in [0.15, 0.2) is 71.6 Å². The molecule has 144 valence electrons. The molecule has 1 amide bonds. The van der Waals surface area contributed by atoms with Gasteiger partial charge < -0.3 is 5.32 Å². The maximum Gasteiger partial charge on any atom is 0.261 e. The van der Waals surface area contributed by atoms with E-state index in [2.05, 4.69) is 10.0 Å². The monoisotopic (exact) mass is 434 g/mol. The summed E-state index contributed by atoms with van der Waals surface area (Å²) in [6.45, 7) is 1.83. The largest absolute Gasteiger partial charge is 0.322 e. The lowest BCUT2D eigenvalue weighted by atomic mass is 10.1. The summed E-state index contributed by atoms with van der Waals surface area (Å²) in [6, 6.07) is 17.3. The molecule has 0 heterocycles. The lowest BCUT2D eigenvalue weighted by molar-refractivity contribution is 0.102. The summed E-state index contributed by atoms with van der Waals surface area (Å²) < 4.78 is 27.5. The molecular weight excluding hydrogens is 419 g/mol. The molecule has 0 unspecified atom stereocenters. The van der Waals surface area contributed by atoms with Crippen LogP contribution >= 0.6 is 23.2 Å². The first-order valence-corrected chi connectivity index (χ1v) is 10.4. The van der Waals surface area contributed by atoms with Crippen LogP contribution in [0.25, 0.3) is 0 Å². The Morgan fingerprint density at radius 3 is 2.21 bits per heavy atom. The standard InChI is InChI=1S/C20H16Cl2N2O3S/c1-13-12-15(21)8-11-18(13)23-20(25)14-6-9-16(10-7-14)28(26,27)24-19-5-3-2-4-17(19)22/h2-12,24H,1H3,(H,23,25). The van der Waals surface area contributed by atoms with Crippen LogP contribution in [0.4, 0.5) is 11.4 Å². The fourth-order valence-corrected chi connectivity index (χ4v) is 4.04. The molecule has 0 aliphatic carbocycles. The number of hydrogen-bond donors (Lipinski definition) is 2. The predicted octanol–water partition coefficient (Wildman–Crippen LogP) is 5.35. The van der Waals surface area contributed by atoms with Gasteiger partial charge in [0, 0.05) is 16.3 Å². The van der Waals surface area contributed by atoms with Gasteiger partial charge in [-0.25, -0.2) is 8.42 Å². The van der Waals surface area contributed by atoms with Gasteiger partial charge in [0.25, 0.3) is 15.9 Å². The second-order valence-corrected chi connectivity index (χ2v) is 8.55. The number of carbonyl (C=O) groups is 1. The zero-order valence-corrected chi connectivity index (χ0v) is 17.1. The van der Waals surface area contributed by atoms with E-state index in [-0.39, 0.29) is 16.5 Å². The van der Waals surface area contributed by atoms with Crippen molar-refractivity contribution in [3.63, 3.8) is 0 Å². The average Bonchev–Trinajstić information content (AvgIpc) is 2.66. The van der Waals surface area contributed by atoms with Crippen LogP contribution in [-0.4, -0.2) is 14.3 Å². The van der Waals surface area contributed by atoms with Gasteiger partial charge in [-0.3, -0.25) is 9.52 Å². The minimum absolute atomic E-state index is 0.0200. The number of halogens is 2. The van der Waals surface area contributed by atoms with Crippen molar-refractivity contribution in [2.75, 3.05) is 10.0 Å². The van der Waals surface area contributed by atoms with Crippen molar-refractivity contribution in [1.29, 1.82) is 0 Å². The molecule has 3 aromatic carbocycles. The fraction of sp³-hybridized carbons (Fsp3) is 0.0500. The zero-order chi connectivity index (χ0) is 20.3. The van der Waals surface area contributed by atoms with Gasteiger partial charge in [-0.2, -0.15) is 0 Å². The van der Waals surface area contributed by atoms with E-state index in [1.165, 1.54) is 24.3 Å². The number of amides is 1. The Balaban J connectivity index is 1.77. The zero-order valence-electron chi connectivity index (χ0n) is 14.7. The van der Waals surface area contributed by atoms with Crippen LogP contribution in [0.2, 0.25) is 10.0 Å². The Hall–Kier alpha value is -2.54. The highest BCUT2D eigenvalue weighted by atomic mass is 35.5. The molecule has 0 bridgehead atoms. The lowest BCUT2D eigenvalue weighted by Crippen LogP contribution is -2.15. The number of nitrogens with one attached hydrogen (secondary N) is 2. The van der Waals surface area contributed by atoms with Gasteiger partial charge in [0.2, 0.25) is 0 Å². The fourth-order valence-electron chi connectivity index (χ4n) is 2.49. The summed E-state index contributed by atoms with van der Waals surface area (Å²) in [5.41, 5.74) is 2.06. The van der Waals surface area contributed by atoms with Crippen molar-refractivity contribution in [3.05, 3.63) is 87.9 Å². The molecule has 0 atom stereocenters. The van der Waals surface area contributed by atoms with Gasteiger partial charge in [-0.1, -0.05) is 35.3 Å². The topological polar surface area (TPSA) is 75.3 Å². The number of rotatable bonds is 5. The molecule has 3 aromatic rings. The van der Waals surface area contributed by atoms with Crippen molar-refractivity contribution < 1.29 is 13.2 Å². The number of benzene rings is 3. The SMILES string of the molecule is Cc1cc(Cl)ccc1NC(=O)c1ccc(S(=O)(=O)Nc2ccccc2Cl)cc1. The Kier molecular flexibility index (Phi) is 5.93. The van der Waals surface area contributed by atoms with Gasteiger partial charge in [-0.05, 0) is 67.1 Å². The molecule has 0 fully saturated rings. The van der Waals surface area contributed by atoms with Crippen LogP contribution in [0.1, 0.15) is 15.9 Å². The Morgan fingerprint density at radius 1 is 0.893 bits per heavy atom. The maximum atomic E-state index is 12.5. The van der Waals surface area contributed by atoms with E-state index in [9.17, 15) is 13.2 Å². The highest BCUT2D eigenvalue weighted by Gasteiger charge is 2.17. The van der Waals surface area contributed by atoms with Crippen molar-refractivity contribution in [2.45, 2.75) is 11.8 Å². The summed E-state index contributed by atoms with van der Waals surface area (Å²) in [6.07, 6.45) is 0. The summed E-state index contributed by atoms with van der Waals surface area (Å²) in [5.74, 6) is -0.353. The van der Waals surface area contributed by atoms with Gasteiger partial charge in [0.15, 0.2) is 0 Å². The molecule has 0 aliphatic rings. The Morgan fingerprint density at radius 2 is 1.57 bits per heavy atom. The van der Waals surface area contributed by atoms with Crippen LogP contribution in [-0.2, 0) is 10.0 Å². The summed E-state index contributed by atoms with van der Waals surface area (Å²) in [4.78, 5) is 12.4. The van der Waals surface area contributed by atoms with Gasteiger partial charge in [0.1, 0.15) is 0 Å². The van der Waals surface area contributed by atoms with Crippen molar-refractivity contribution >= 4 is 50.5 Å². The van der Waals surface area contributed by atoms with E-state index in [1.807, 2.05) is 6.92 Å². The highest BCUT2D eigenvalue weighted by molar-refractivity contribution is 7.92. The van der Waals surface area contributed by atoms with Gasteiger partial charge >= 0.3 is 0 Å². The van der Waals surface area contributed by atoms with Gasteiger partial charge in [0.05, 0.1) is 15.6 Å². The minimum atomic E-state index is -3.83. The number of sulfonamides is 1. The molecule has 3 rings (SSSR count). The van der Waals surface area contributed by atoms with Crippen molar-refractivity contribution in [2.24, 2.45) is 0 Å². The summed E-state index contributed by atoms with van der Waals surface area (Å²) in [7, 11) is -3.83. The smallest absolute Gasteiger partial charge is 0.261 e. The molecule has 0 aliphatic heterocycles. The molecule has 8 heteroatoms. The van der Waals surface area contributed by atoms with E-state index >= 15 is 0 Å². The number of anilines is 2. The number of para-hydroxylation sites is 1. The quantitative estimate of drug-likeness (QED) is 0.567. The second kappa shape index (κ2) is 8.22. The third-order valence-corrected chi connectivity index (χ3v) is 5.93. The first kappa shape index (κ1) is 20.2. The summed E-state index contributed by atoms with van der Waals surface area (Å²) >= 11 is 11.9. The first-order valence-electron chi connectivity index (χ1n) is 8.21. The minimum Gasteiger partial charge on any atom is -0.322 e. The van der Waals surface area contributed by atoms with Crippen LogP contribution in [0.3, 0.4) is 0 Å². The molecule has 5 nitrogen and oxygen atoms in total. The molecule has 0 saturated carbocycles. The maximum absolute atomic E-state index is 12.5.